The second-order valence-corrected chi connectivity index (χ2v) is 9.82. The maximum atomic E-state index is 13.0. The van der Waals surface area contributed by atoms with Crippen LogP contribution < -0.4 is 19.7 Å². The first-order chi connectivity index (χ1) is 20.1. The molecule has 0 spiro atoms. The minimum absolute atomic E-state index is 0.241. The number of benzene rings is 4. The number of hydrogen-bond donors (Lipinski definition) is 2. The molecule has 0 saturated carbocycles. The molecule has 7 nitrogen and oxygen atoms in total. The Morgan fingerprint density at radius 2 is 1.76 bits per heavy atom. The number of alkyl halides is 3. The van der Waals surface area contributed by atoms with Crippen molar-refractivity contribution in [2.75, 3.05) is 18.1 Å². The molecule has 0 unspecified atom stereocenters. The number of aromatic carboxylic acids is 1. The first-order valence-corrected chi connectivity index (χ1v) is 13.2. The molecule has 1 aliphatic rings. The van der Waals surface area contributed by atoms with Crippen molar-refractivity contribution < 1.29 is 37.3 Å². The normalized spacial score (nSPS) is 13.5. The van der Waals surface area contributed by atoms with Crippen LogP contribution in [0.2, 0.25) is 0 Å². The molecule has 216 valence electrons. The molecule has 1 aliphatic heterocycles. The Morgan fingerprint density at radius 3 is 2.50 bits per heavy atom. The van der Waals surface area contributed by atoms with E-state index in [0.717, 1.165) is 16.8 Å². The van der Waals surface area contributed by atoms with Gasteiger partial charge in [-0.2, -0.15) is 0 Å². The van der Waals surface area contributed by atoms with Gasteiger partial charge in [0.15, 0.2) is 0 Å². The average Bonchev–Trinajstić information content (AvgIpc) is 2.96. The van der Waals surface area contributed by atoms with Crippen molar-refractivity contribution in [3.8, 4) is 22.6 Å². The summed E-state index contributed by atoms with van der Waals surface area (Å²) < 4.78 is 47.6. The number of carbonyl (C=O) groups excluding carboxylic acids is 1. The smallest absolute Gasteiger partial charge is 0.490 e. The highest BCUT2D eigenvalue weighted by atomic mass is 19.4. The zero-order valence-corrected chi connectivity index (χ0v) is 22.5. The van der Waals surface area contributed by atoms with E-state index in [2.05, 4.69) is 15.0 Å². The molecule has 0 bridgehead atoms. The highest BCUT2D eigenvalue weighted by molar-refractivity contribution is 5.96. The summed E-state index contributed by atoms with van der Waals surface area (Å²) in [6.45, 7) is 3.31. The minimum Gasteiger partial charge on any atom is -0.490 e. The number of hydrogen-bond acceptors (Lipinski definition) is 5. The summed E-state index contributed by atoms with van der Waals surface area (Å²) in [5.41, 5.74) is 4.36. The molecule has 5 rings (SSSR count). The van der Waals surface area contributed by atoms with Crippen molar-refractivity contribution in [1.82, 2.24) is 5.32 Å². The minimum atomic E-state index is -4.81. The zero-order valence-electron chi connectivity index (χ0n) is 22.5. The number of fused-ring (bicyclic) bond motifs is 1. The van der Waals surface area contributed by atoms with Crippen molar-refractivity contribution in [1.29, 1.82) is 0 Å². The Balaban J connectivity index is 1.27. The third-order valence-corrected chi connectivity index (χ3v) is 6.92. The lowest BCUT2D eigenvalue weighted by atomic mass is 9.98. The van der Waals surface area contributed by atoms with Crippen molar-refractivity contribution in [2.45, 2.75) is 25.9 Å². The van der Waals surface area contributed by atoms with Crippen LogP contribution in [0.1, 0.15) is 44.8 Å². The number of amides is 1. The van der Waals surface area contributed by atoms with Crippen LogP contribution in [0.25, 0.3) is 11.1 Å². The van der Waals surface area contributed by atoms with Crippen LogP contribution in [-0.4, -0.2) is 36.5 Å². The van der Waals surface area contributed by atoms with Gasteiger partial charge in [-0.25, -0.2) is 4.79 Å². The maximum absolute atomic E-state index is 13.0. The van der Waals surface area contributed by atoms with E-state index >= 15 is 0 Å². The van der Waals surface area contributed by atoms with Gasteiger partial charge in [0.2, 0.25) is 0 Å². The third kappa shape index (κ3) is 6.65. The molecule has 2 N–H and O–H groups in total. The van der Waals surface area contributed by atoms with Gasteiger partial charge in [0, 0.05) is 12.1 Å². The predicted octanol–water partition coefficient (Wildman–Crippen LogP) is 6.84. The predicted molar refractivity (Wildman–Crippen MR) is 151 cm³/mol. The Kier molecular flexibility index (Phi) is 8.06. The largest absolute Gasteiger partial charge is 0.573 e. The van der Waals surface area contributed by atoms with Crippen LogP contribution in [0.3, 0.4) is 0 Å². The van der Waals surface area contributed by atoms with Crippen LogP contribution >= 0.6 is 0 Å². The Bertz CT molecular complexity index is 1600. The van der Waals surface area contributed by atoms with E-state index in [9.17, 15) is 27.9 Å². The van der Waals surface area contributed by atoms with E-state index in [1.807, 2.05) is 30.3 Å². The maximum Gasteiger partial charge on any atom is 0.573 e. The number of carboxylic acid groups (broad SMARTS) is 1. The van der Waals surface area contributed by atoms with Gasteiger partial charge in [0.05, 0.1) is 23.8 Å². The summed E-state index contributed by atoms with van der Waals surface area (Å²) in [7, 11) is 0. The Morgan fingerprint density at radius 1 is 1.00 bits per heavy atom. The van der Waals surface area contributed by atoms with Gasteiger partial charge in [0.25, 0.3) is 5.91 Å². The number of rotatable bonds is 8. The number of anilines is 1. The molecule has 4 aromatic carbocycles. The number of nitrogens with one attached hydrogen (secondary N) is 1. The van der Waals surface area contributed by atoms with Crippen molar-refractivity contribution in [3.63, 3.8) is 0 Å². The molecule has 1 amide bonds. The fraction of sp³-hybridized carbons (Fsp3) is 0.188. The molecule has 1 atom stereocenters. The van der Waals surface area contributed by atoms with Crippen LogP contribution in [-0.2, 0) is 6.54 Å². The lowest BCUT2D eigenvalue weighted by Gasteiger charge is -2.31. The number of carboxylic acids is 1. The monoisotopic (exact) mass is 576 g/mol. The van der Waals surface area contributed by atoms with E-state index in [1.165, 1.54) is 18.2 Å². The molecule has 0 fully saturated rings. The molecule has 0 radical (unpaired) electrons. The summed E-state index contributed by atoms with van der Waals surface area (Å²) in [6.07, 6.45) is -4.81. The Labute approximate surface area is 240 Å². The Hall–Kier alpha value is -4.99. The SMILES string of the molecule is C[C@H](NC(=O)c1ccc2c(c1)OCCN2Cc1ccc(-c2ccccc2C(=O)O)cc1)c1cccc(OC(F)(F)F)c1. The summed E-state index contributed by atoms with van der Waals surface area (Å²) in [5.74, 6) is -1.19. The fourth-order valence-corrected chi connectivity index (χ4v) is 4.86. The topological polar surface area (TPSA) is 88.1 Å². The molecule has 0 aliphatic carbocycles. The number of ether oxygens (including phenoxy) is 2. The number of carbonyl (C=O) groups is 2. The summed E-state index contributed by atoms with van der Waals surface area (Å²) in [6, 6.07) is 24.6. The average molecular weight is 577 g/mol. The summed E-state index contributed by atoms with van der Waals surface area (Å²) in [5, 5.41) is 12.3. The first-order valence-electron chi connectivity index (χ1n) is 13.2. The van der Waals surface area contributed by atoms with Crippen LogP contribution in [0.4, 0.5) is 18.9 Å². The number of halogens is 3. The van der Waals surface area contributed by atoms with Crippen LogP contribution in [0.5, 0.6) is 11.5 Å². The van der Waals surface area contributed by atoms with Gasteiger partial charge in [-0.3, -0.25) is 4.79 Å². The first kappa shape index (κ1) is 28.5. The lowest BCUT2D eigenvalue weighted by Crippen LogP contribution is -2.32. The van der Waals surface area contributed by atoms with Gasteiger partial charge in [-0.15, -0.1) is 13.2 Å². The van der Waals surface area contributed by atoms with Gasteiger partial charge < -0.3 is 24.8 Å². The second-order valence-electron chi connectivity index (χ2n) is 9.82. The highest BCUT2D eigenvalue weighted by Crippen LogP contribution is 2.34. The molecule has 0 aromatic heterocycles. The van der Waals surface area contributed by atoms with Gasteiger partial charge in [0.1, 0.15) is 18.1 Å². The van der Waals surface area contributed by atoms with Gasteiger partial charge in [-0.1, -0.05) is 54.6 Å². The molecule has 42 heavy (non-hydrogen) atoms. The molecular weight excluding hydrogens is 549 g/mol. The second kappa shape index (κ2) is 11.9. The van der Waals surface area contributed by atoms with Gasteiger partial charge in [-0.05, 0) is 65.6 Å². The van der Waals surface area contributed by atoms with E-state index in [-0.39, 0.29) is 11.3 Å². The van der Waals surface area contributed by atoms with Crippen molar-refractivity contribution in [2.24, 2.45) is 0 Å². The molecule has 0 saturated heterocycles. The fourth-order valence-electron chi connectivity index (χ4n) is 4.86. The molecule has 4 aromatic rings. The quantitative estimate of drug-likeness (QED) is 0.239. The summed E-state index contributed by atoms with van der Waals surface area (Å²) >= 11 is 0. The number of nitrogens with zero attached hydrogens (tertiary/aromatic N) is 1. The molecule has 1 heterocycles. The third-order valence-electron chi connectivity index (χ3n) is 6.92. The zero-order chi connectivity index (χ0) is 29.9. The standard InChI is InChI=1S/C32H27F3N2O5/c1-20(23-5-4-6-25(17-23)42-32(33,34)35)36-30(38)24-13-14-28-29(18-24)41-16-15-37(28)19-21-9-11-22(12-10-21)26-7-2-3-8-27(26)31(39)40/h2-14,17-18,20H,15-16,19H2,1H3,(H,36,38)(H,39,40)/t20-/m0/s1. The van der Waals surface area contributed by atoms with E-state index in [1.54, 1.807) is 49.4 Å². The summed E-state index contributed by atoms with van der Waals surface area (Å²) in [4.78, 5) is 26.7. The molecule has 10 heteroatoms. The van der Waals surface area contributed by atoms with Crippen LogP contribution in [0, 0.1) is 0 Å². The highest BCUT2D eigenvalue weighted by Gasteiger charge is 2.31. The van der Waals surface area contributed by atoms with E-state index < -0.39 is 24.3 Å². The van der Waals surface area contributed by atoms with Crippen molar-refractivity contribution >= 4 is 17.6 Å². The molecular formula is C32H27F3N2O5. The van der Waals surface area contributed by atoms with E-state index in [0.29, 0.717) is 42.1 Å². The van der Waals surface area contributed by atoms with Gasteiger partial charge >= 0.3 is 12.3 Å². The van der Waals surface area contributed by atoms with Crippen molar-refractivity contribution in [3.05, 3.63) is 113 Å². The lowest BCUT2D eigenvalue weighted by molar-refractivity contribution is -0.274. The van der Waals surface area contributed by atoms with E-state index in [4.69, 9.17) is 4.74 Å². The van der Waals surface area contributed by atoms with Crippen LogP contribution in [0.15, 0.2) is 91.0 Å².